The summed E-state index contributed by atoms with van der Waals surface area (Å²) < 4.78 is 30.8. The Hall–Kier alpha value is -16.5. The minimum atomic E-state index is 0.919. The molecule has 30 rings (SSSR count). The summed E-state index contributed by atoms with van der Waals surface area (Å²) in [6.07, 6.45) is 0. The van der Waals surface area contributed by atoms with Crippen molar-refractivity contribution in [3.63, 3.8) is 0 Å². The Morgan fingerprint density at radius 1 is 0.156 bits per heavy atom. The molecule has 0 aliphatic carbocycles. The van der Waals surface area contributed by atoms with Crippen LogP contribution in [0.1, 0.15) is 0 Å². The van der Waals surface area contributed by atoms with E-state index in [2.05, 4.69) is 444 Å². The molecule has 0 saturated heterocycles. The number of aromatic nitrogens is 3. The predicted molar refractivity (Wildman–Crippen MR) is 581 cm³/mol. The zero-order valence-electron chi connectivity index (χ0n) is 72.6. The van der Waals surface area contributed by atoms with Gasteiger partial charge in [0.1, 0.15) is 22.3 Å². The van der Waals surface area contributed by atoms with Crippen LogP contribution in [0.4, 0.5) is 0 Å². The largest absolute Gasteiger partial charge is 0.455 e. The van der Waals surface area contributed by atoms with Crippen molar-refractivity contribution < 1.29 is 8.83 Å². The number of thiophene rings is 4. The van der Waals surface area contributed by atoms with E-state index in [-0.39, 0.29) is 0 Å². The third-order valence-corrected chi connectivity index (χ3v) is 32.4. The lowest BCUT2D eigenvalue weighted by molar-refractivity contribution is 0.669. The highest BCUT2D eigenvalue weighted by Gasteiger charge is 2.25. The zero-order chi connectivity index (χ0) is 88.5. The van der Waals surface area contributed by atoms with Gasteiger partial charge in [-0.2, -0.15) is 0 Å². The molecule has 0 atom stereocenters. The number of hydrogen-bond donors (Lipinski definition) is 0. The lowest BCUT2D eigenvalue weighted by Gasteiger charge is -2.12. The van der Waals surface area contributed by atoms with Crippen LogP contribution in [-0.4, -0.2) is 13.7 Å². The molecular formula is C126H75N3O2S4. The van der Waals surface area contributed by atoms with Crippen LogP contribution in [0.5, 0.6) is 0 Å². The first-order chi connectivity index (χ1) is 66.9. The van der Waals surface area contributed by atoms with Crippen molar-refractivity contribution in [3.8, 4) is 83.8 Å². The fraction of sp³-hybridized carbons (Fsp3) is 0. The predicted octanol–water partition coefficient (Wildman–Crippen LogP) is 37.6. The standard InChI is InChI=1S/2C42H25NOS.C42H25NS2/c1-4-19-36-35(16-1)40-37(23-22-34-32-15-3-6-21-39(32)45-42(34)40)43(36)29-13-8-11-27(25-29)26-10-7-12-28(24-26)30-17-9-18-33-31-14-2-5-20-38(31)44-41(30)33;1-4-16-36-35(13-1)40-37(24-23-34-32-12-3-6-18-39(32)45-42(34)40)43(36)29-21-19-26(20-22-29)27-9-7-10-28(25-27)30-14-8-15-33-31-11-2-5-17-38(31)44-41(30)33;1-4-19-36-35(16-1)40-37(23-22-34-32-15-3-6-21-39(32)45-42(34)40)43(36)29-13-8-11-27(25-29)26-10-7-12-28(24-26)30-17-9-18-33-31-14-2-5-20-38(31)44-41(30)33/h3*1-25H. The molecule has 0 radical (unpaired) electrons. The van der Waals surface area contributed by atoms with E-state index in [4.69, 9.17) is 8.83 Å². The van der Waals surface area contributed by atoms with Crippen molar-refractivity contribution in [1.82, 2.24) is 13.7 Å². The van der Waals surface area contributed by atoms with Gasteiger partial charge in [-0.15, -0.1) is 45.3 Å². The lowest BCUT2D eigenvalue weighted by Crippen LogP contribution is -1.94. The maximum Gasteiger partial charge on any atom is 0.143 e. The SMILES string of the molecule is c1cc(-c2ccc(-n3c4ccccc4c4c5sc6ccccc6c5ccc43)cc2)cc(-c2cccc3c2oc2ccccc23)c1.c1cc(-c2cccc(-n3c4ccccc4c4c5sc6ccccc6c5ccc43)c2)cc(-c2cccc3c2oc2ccccc23)c1.c1cc(-c2cccc(-n3c4ccccc4c4c5sc6ccccc6c5ccc43)c2)cc(-c2cccc3c2sc2ccccc23)c1. The Morgan fingerprint density at radius 3 is 0.844 bits per heavy atom. The summed E-state index contributed by atoms with van der Waals surface area (Å²) in [5, 5.41) is 23.2. The van der Waals surface area contributed by atoms with Gasteiger partial charge in [0.2, 0.25) is 0 Å². The third-order valence-electron chi connectivity index (χ3n) is 27.6. The van der Waals surface area contributed by atoms with Crippen LogP contribution in [0.15, 0.2) is 464 Å². The molecule has 0 bridgehead atoms. The van der Waals surface area contributed by atoms with Gasteiger partial charge in [0.05, 0.1) is 33.1 Å². The van der Waals surface area contributed by atoms with Crippen molar-refractivity contribution in [2.75, 3.05) is 0 Å². The maximum absolute atomic E-state index is 6.38. The molecule has 630 valence electrons. The van der Waals surface area contributed by atoms with E-state index in [1.54, 1.807) is 0 Å². The van der Waals surface area contributed by atoms with Crippen LogP contribution < -0.4 is 0 Å². The van der Waals surface area contributed by atoms with E-state index >= 15 is 0 Å². The van der Waals surface area contributed by atoms with Crippen molar-refractivity contribution in [3.05, 3.63) is 455 Å². The van der Waals surface area contributed by atoms with Gasteiger partial charge in [-0.3, -0.25) is 0 Å². The summed E-state index contributed by atoms with van der Waals surface area (Å²) in [6.45, 7) is 0. The van der Waals surface area contributed by atoms with Crippen molar-refractivity contribution >= 4 is 235 Å². The second kappa shape index (κ2) is 31.1. The monoisotopic (exact) mass is 1790 g/mol. The quantitative estimate of drug-likeness (QED) is 0.145. The molecule has 21 aromatic carbocycles. The number of furan rings is 2. The number of fused-ring (bicyclic) bond motifs is 30. The molecule has 0 amide bonds. The first-order valence-electron chi connectivity index (χ1n) is 45.8. The van der Waals surface area contributed by atoms with E-state index in [0.717, 1.165) is 77.5 Å². The summed E-state index contributed by atoms with van der Waals surface area (Å²) in [6, 6.07) is 165. The van der Waals surface area contributed by atoms with E-state index in [1.165, 1.54) is 196 Å². The molecule has 30 aromatic rings. The molecule has 9 aromatic heterocycles. The van der Waals surface area contributed by atoms with Gasteiger partial charge in [0.25, 0.3) is 0 Å². The van der Waals surface area contributed by atoms with Crippen LogP contribution in [0, 0.1) is 0 Å². The Morgan fingerprint density at radius 2 is 0.437 bits per heavy atom. The summed E-state index contributed by atoms with van der Waals surface area (Å²) in [4.78, 5) is 0. The van der Waals surface area contributed by atoms with Gasteiger partial charge in [-0.1, -0.05) is 328 Å². The molecule has 0 aliphatic heterocycles. The molecule has 0 spiro atoms. The fourth-order valence-corrected chi connectivity index (χ4v) is 26.5. The number of rotatable bonds is 9. The van der Waals surface area contributed by atoms with Crippen LogP contribution in [0.2, 0.25) is 0 Å². The van der Waals surface area contributed by atoms with Gasteiger partial charge in [0.15, 0.2) is 0 Å². The average Bonchev–Trinajstić information content (AvgIpc) is 1.57. The molecule has 5 nitrogen and oxygen atoms in total. The van der Waals surface area contributed by atoms with Crippen molar-refractivity contribution in [1.29, 1.82) is 0 Å². The average molecular weight is 1790 g/mol. The number of nitrogens with zero attached hydrogens (tertiary/aromatic N) is 3. The van der Waals surface area contributed by atoms with Gasteiger partial charge >= 0.3 is 0 Å². The molecule has 9 heterocycles. The molecule has 0 saturated carbocycles. The first-order valence-corrected chi connectivity index (χ1v) is 49.1. The highest BCUT2D eigenvalue weighted by molar-refractivity contribution is 7.28. The Labute approximate surface area is 790 Å². The molecule has 135 heavy (non-hydrogen) atoms. The molecule has 0 unspecified atom stereocenters. The summed E-state index contributed by atoms with van der Waals surface area (Å²) in [5.41, 5.74) is 28.8. The number of para-hydroxylation sites is 7. The van der Waals surface area contributed by atoms with Crippen molar-refractivity contribution in [2.24, 2.45) is 0 Å². The second-order valence-corrected chi connectivity index (χ2v) is 39.3. The fourth-order valence-electron chi connectivity index (χ4n) is 21.5. The van der Waals surface area contributed by atoms with Gasteiger partial charge in [-0.25, -0.2) is 0 Å². The van der Waals surface area contributed by atoms with Crippen LogP contribution in [-0.2, 0) is 0 Å². The first kappa shape index (κ1) is 77.3. The van der Waals surface area contributed by atoms with Crippen LogP contribution >= 0.6 is 45.3 Å². The van der Waals surface area contributed by atoms with E-state index in [0.29, 0.717) is 0 Å². The normalized spacial score (nSPS) is 12.0. The Bertz CT molecular complexity index is 9750. The highest BCUT2D eigenvalue weighted by atomic mass is 32.1. The van der Waals surface area contributed by atoms with Gasteiger partial charge < -0.3 is 22.5 Å². The Kier molecular flexibility index (Phi) is 17.8. The molecule has 0 fully saturated rings. The van der Waals surface area contributed by atoms with E-state index < -0.39 is 0 Å². The second-order valence-electron chi connectivity index (χ2n) is 35.1. The highest BCUT2D eigenvalue weighted by Crippen LogP contribution is 2.51. The summed E-state index contributed by atoms with van der Waals surface area (Å²) >= 11 is 7.58. The molecule has 0 aliphatic rings. The minimum Gasteiger partial charge on any atom is -0.455 e. The molecule has 9 heteroatoms. The van der Waals surface area contributed by atoms with Gasteiger partial charge in [-0.05, 0) is 183 Å². The van der Waals surface area contributed by atoms with Crippen LogP contribution in [0.25, 0.3) is 274 Å². The minimum absolute atomic E-state index is 0.919. The van der Waals surface area contributed by atoms with E-state index in [9.17, 15) is 0 Å². The number of benzene rings is 21. The zero-order valence-corrected chi connectivity index (χ0v) is 75.9. The Balaban J connectivity index is 0.000000101. The summed E-state index contributed by atoms with van der Waals surface area (Å²) in [5.74, 6) is 0. The third kappa shape index (κ3) is 12.4. The summed E-state index contributed by atoms with van der Waals surface area (Å²) in [7, 11) is 0. The molecule has 0 N–H and O–H groups in total. The van der Waals surface area contributed by atoms with E-state index in [1.807, 2.05) is 69.6 Å². The number of hydrogen-bond acceptors (Lipinski definition) is 6. The molecular weight excluding hydrogens is 1720 g/mol. The maximum atomic E-state index is 6.38. The lowest BCUT2D eigenvalue weighted by atomic mass is 9.97. The topological polar surface area (TPSA) is 41.1 Å². The van der Waals surface area contributed by atoms with Crippen LogP contribution in [0.3, 0.4) is 0 Å². The van der Waals surface area contributed by atoms with Crippen molar-refractivity contribution in [2.45, 2.75) is 0 Å². The smallest absolute Gasteiger partial charge is 0.143 e. The van der Waals surface area contributed by atoms with Gasteiger partial charge in [0, 0.05) is 163 Å².